The Morgan fingerprint density at radius 2 is 1.01 bits per heavy atom. The largest absolute Gasteiger partial charge is 0.469 e. The number of carbonyl (C=O) groups excluding carboxylic acids is 1. The van der Waals surface area contributed by atoms with E-state index in [1.807, 2.05) is 33.8 Å². The molecule has 0 spiro atoms. The molecule has 0 radical (unpaired) electrons. The predicted molar refractivity (Wildman–Crippen MR) is 292 cm³/mol. The van der Waals surface area contributed by atoms with E-state index >= 15 is 0 Å². The molecule has 6 aliphatic heterocycles. The lowest BCUT2D eigenvalue weighted by atomic mass is 9.52. The van der Waals surface area contributed by atoms with E-state index in [9.17, 15) is 40.5 Å². The minimum Gasteiger partial charge on any atom is -0.469 e. The lowest BCUT2D eigenvalue weighted by Crippen LogP contribution is -2.65. The maximum atomic E-state index is 13.9. The average molecular weight is 1220 g/mol. The molecule has 25 heteroatoms. The molecular formula is C60H94O25. The van der Waals surface area contributed by atoms with Crippen LogP contribution in [0.5, 0.6) is 0 Å². The molecule has 6 saturated heterocycles. The highest BCUT2D eigenvalue weighted by molar-refractivity contribution is 5.89. The van der Waals surface area contributed by atoms with Gasteiger partial charge in [-0.1, -0.05) is 18.6 Å². The molecule has 85 heavy (non-hydrogen) atoms. The Bertz CT molecular complexity index is 2340. The van der Waals surface area contributed by atoms with Crippen LogP contribution in [-0.4, -0.2) is 249 Å². The van der Waals surface area contributed by atoms with Crippen molar-refractivity contribution in [3.63, 3.8) is 0 Å². The molecule has 8 fully saturated rings. The van der Waals surface area contributed by atoms with Crippen molar-refractivity contribution in [3.05, 3.63) is 35.3 Å². The van der Waals surface area contributed by atoms with Crippen LogP contribution in [-0.2, 0) is 80.6 Å². The van der Waals surface area contributed by atoms with E-state index in [2.05, 4.69) is 13.0 Å². The van der Waals surface area contributed by atoms with Gasteiger partial charge in [-0.3, -0.25) is 4.79 Å². The van der Waals surface area contributed by atoms with Crippen molar-refractivity contribution in [2.24, 2.45) is 17.3 Å². The normalized spacial score (nSPS) is 49.0. The summed E-state index contributed by atoms with van der Waals surface area (Å²) in [4.78, 5) is 13.9. The van der Waals surface area contributed by atoms with Gasteiger partial charge in [-0.25, -0.2) is 0 Å². The lowest BCUT2D eigenvalue weighted by molar-refractivity contribution is -0.376. The van der Waals surface area contributed by atoms with Crippen LogP contribution < -0.4 is 0 Å². The van der Waals surface area contributed by atoms with Gasteiger partial charge in [0.15, 0.2) is 37.7 Å². The molecule has 31 atom stereocenters. The number of ketones is 1. The Morgan fingerprint density at radius 1 is 0.553 bits per heavy atom. The molecule has 3 aliphatic carbocycles. The van der Waals surface area contributed by atoms with Gasteiger partial charge in [-0.2, -0.15) is 0 Å². The van der Waals surface area contributed by atoms with E-state index in [1.165, 1.54) is 12.7 Å². The van der Waals surface area contributed by atoms with Crippen molar-refractivity contribution in [3.8, 4) is 0 Å². The fourth-order valence-corrected chi connectivity index (χ4v) is 15.2. The SMILES string of the molecule is COC1CC(OC2CCC3(C)C(=CCC4C(=O)C(c5ccoc5C)CCC43)C2)OC(C)C1OC1CC(OC)C(OC2CC(OC)C(OC3CC(OC)C(OC4OC(CO)C(OC5OC(CO)C(O)C(O)C5O)C(O)C4O)C(C)O3)C(C)O2)C(C)O1. The third kappa shape index (κ3) is 13.6. The summed E-state index contributed by atoms with van der Waals surface area (Å²) < 4.78 is 105. The summed E-state index contributed by atoms with van der Waals surface area (Å²) in [5.41, 5.74) is 2.41. The van der Waals surface area contributed by atoms with Crippen LogP contribution >= 0.6 is 0 Å². The Kier molecular flexibility index (Phi) is 21.7. The third-order valence-electron chi connectivity index (χ3n) is 20.1. The van der Waals surface area contributed by atoms with Crippen molar-refractivity contribution in [1.29, 1.82) is 0 Å². The maximum Gasteiger partial charge on any atom is 0.187 e. The molecule has 1 aromatic rings. The van der Waals surface area contributed by atoms with Gasteiger partial charge < -0.3 is 116 Å². The second kappa shape index (κ2) is 28.1. The van der Waals surface area contributed by atoms with Gasteiger partial charge in [0, 0.05) is 71.5 Å². The number of rotatable bonds is 19. The van der Waals surface area contributed by atoms with Gasteiger partial charge in [-0.15, -0.1) is 0 Å². The van der Waals surface area contributed by atoms with E-state index in [0.717, 1.165) is 49.8 Å². The predicted octanol–water partition coefficient (Wildman–Crippen LogP) is 1.94. The summed E-state index contributed by atoms with van der Waals surface area (Å²) in [6.07, 6.45) is -14.8. The van der Waals surface area contributed by atoms with E-state index in [4.69, 9.17) is 80.2 Å². The molecule has 31 unspecified atom stereocenters. The summed E-state index contributed by atoms with van der Waals surface area (Å²) in [5.74, 6) is 1.46. The molecular weight excluding hydrogens is 1120 g/mol. The van der Waals surface area contributed by atoms with Crippen LogP contribution in [0.25, 0.3) is 0 Å². The molecule has 0 aromatic carbocycles. The summed E-state index contributed by atoms with van der Waals surface area (Å²) >= 11 is 0. The quantitative estimate of drug-likeness (QED) is 0.0974. The fraction of sp³-hybridized carbons (Fsp3) is 0.883. The molecule has 25 nitrogen and oxygen atoms in total. The lowest BCUT2D eigenvalue weighted by Gasteiger charge is -2.53. The van der Waals surface area contributed by atoms with E-state index in [-0.39, 0.29) is 42.0 Å². The monoisotopic (exact) mass is 1210 g/mol. The zero-order chi connectivity index (χ0) is 60.8. The number of fused-ring (bicyclic) bond motifs is 3. The molecule has 2 saturated carbocycles. The van der Waals surface area contributed by atoms with E-state index in [1.54, 1.807) is 34.5 Å². The van der Waals surface area contributed by atoms with Crippen LogP contribution in [0.1, 0.15) is 116 Å². The van der Waals surface area contributed by atoms with Crippen LogP contribution in [0.2, 0.25) is 0 Å². The van der Waals surface area contributed by atoms with E-state index in [0.29, 0.717) is 31.0 Å². The number of hydrogen-bond donors (Lipinski definition) is 7. The van der Waals surface area contributed by atoms with Crippen molar-refractivity contribution in [2.75, 3.05) is 41.7 Å². The first kappa shape index (κ1) is 65.7. The number of Topliss-reactive ketones (excluding diaryl/α,β-unsaturated/α-hetero) is 1. The first-order valence-electron chi connectivity index (χ1n) is 30.6. The fourth-order valence-electron chi connectivity index (χ4n) is 15.2. The maximum absolute atomic E-state index is 13.9. The molecule has 1 aromatic heterocycles. The average Bonchev–Trinajstić information content (AvgIpc) is 1.50. The van der Waals surface area contributed by atoms with Crippen LogP contribution in [0.4, 0.5) is 0 Å². The summed E-state index contributed by atoms with van der Waals surface area (Å²) in [5, 5.41) is 73.4. The van der Waals surface area contributed by atoms with Crippen molar-refractivity contribution >= 4 is 5.78 Å². The second-order valence-electron chi connectivity index (χ2n) is 25.1. The summed E-state index contributed by atoms with van der Waals surface area (Å²) in [6, 6.07) is 1.97. The van der Waals surface area contributed by atoms with Gasteiger partial charge in [0.05, 0.1) is 74.4 Å². The molecule has 484 valence electrons. The van der Waals surface area contributed by atoms with Gasteiger partial charge in [0.1, 0.15) is 84.8 Å². The number of aliphatic hydroxyl groups excluding tert-OH is 7. The van der Waals surface area contributed by atoms with Gasteiger partial charge in [-0.05, 0) is 90.5 Å². The molecule has 7 heterocycles. The third-order valence-corrected chi connectivity index (χ3v) is 20.1. The molecule has 7 N–H and O–H groups in total. The highest BCUT2D eigenvalue weighted by Crippen LogP contribution is 2.58. The Balaban J connectivity index is 0.680. The highest BCUT2D eigenvalue weighted by atomic mass is 16.8. The molecule has 0 amide bonds. The molecule has 0 bridgehead atoms. The van der Waals surface area contributed by atoms with Crippen LogP contribution in [0, 0.1) is 24.2 Å². The topological polar surface area (TPSA) is 320 Å². The van der Waals surface area contributed by atoms with Crippen LogP contribution in [0.15, 0.2) is 28.4 Å². The Hall–Kier alpha value is -2.23. The number of methoxy groups -OCH3 is 4. The molecule has 10 rings (SSSR count). The number of ether oxygens (including phenoxy) is 16. The summed E-state index contributed by atoms with van der Waals surface area (Å²) in [6.45, 7) is 10.3. The van der Waals surface area contributed by atoms with Crippen molar-refractivity contribution in [2.45, 2.75) is 278 Å². The van der Waals surface area contributed by atoms with Crippen molar-refractivity contribution < 1.29 is 121 Å². The minimum atomic E-state index is -1.81. The highest BCUT2D eigenvalue weighted by Gasteiger charge is 2.56. The Morgan fingerprint density at radius 3 is 1.48 bits per heavy atom. The molecule has 9 aliphatic rings. The standard InChI is InChI=1S/C60H94O25/c1-26-33(16-18-73-26)34-13-14-36-35(47(34)63)12-11-31-19-32(15-17-60(31,36)6)78-43-20-37(69-7)53(27(2)74-43)81-44-21-38(70-8)54(28(3)75-44)82-45-22-39(71-9)55(29(4)76-45)83-46-23-40(72-10)56(30(5)77-46)84-59-52(68)50(66)57(42(25-62)80-59)85-58-51(67)49(65)48(64)41(24-61)79-58/h11,16,18,27-30,32,34-46,48-59,61-62,64-68H,12-15,17,19-25H2,1-10H3. The number of allylic oxidation sites excluding steroid dienone is 1. The second-order valence-corrected chi connectivity index (χ2v) is 25.1. The zero-order valence-corrected chi connectivity index (χ0v) is 50.5. The minimum absolute atomic E-state index is 0.0189. The Labute approximate surface area is 496 Å². The number of aliphatic hydroxyl groups is 7. The van der Waals surface area contributed by atoms with Gasteiger partial charge in [0.25, 0.3) is 0 Å². The summed E-state index contributed by atoms with van der Waals surface area (Å²) in [7, 11) is 6.38. The van der Waals surface area contributed by atoms with Crippen LogP contribution in [0.3, 0.4) is 0 Å². The number of hydrogen-bond acceptors (Lipinski definition) is 25. The first-order chi connectivity index (χ1) is 40.7. The number of carbonyl (C=O) groups is 1. The van der Waals surface area contributed by atoms with Gasteiger partial charge in [0.2, 0.25) is 0 Å². The smallest absolute Gasteiger partial charge is 0.187 e. The van der Waals surface area contributed by atoms with Crippen molar-refractivity contribution in [1.82, 2.24) is 0 Å². The van der Waals surface area contributed by atoms with E-state index < -0.39 is 161 Å². The number of furan rings is 1. The number of aryl methyl sites for hydroxylation is 1. The zero-order valence-electron chi connectivity index (χ0n) is 50.5. The first-order valence-corrected chi connectivity index (χ1v) is 30.6. The van der Waals surface area contributed by atoms with Gasteiger partial charge >= 0.3 is 0 Å².